The maximum absolute atomic E-state index is 9.04. The molecule has 1 aromatic rings. The van der Waals surface area contributed by atoms with E-state index in [0.29, 0.717) is 30.5 Å². The van der Waals surface area contributed by atoms with Gasteiger partial charge in [0, 0.05) is 26.1 Å². The molecule has 0 fully saturated rings. The highest BCUT2D eigenvalue weighted by Gasteiger charge is 2.18. The summed E-state index contributed by atoms with van der Waals surface area (Å²) in [5.41, 5.74) is 1.15. The summed E-state index contributed by atoms with van der Waals surface area (Å²) in [6, 6.07) is 3.90. The molecule has 118 valence electrons. The lowest BCUT2D eigenvalue weighted by Crippen LogP contribution is -2.29. The molecule has 1 heterocycles. The van der Waals surface area contributed by atoms with Gasteiger partial charge in [-0.15, -0.1) is 0 Å². The number of rotatable bonds is 6. The largest absolute Gasteiger partial charge is 0.489 e. The fourth-order valence-corrected chi connectivity index (χ4v) is 2.61. The third-order valence-corrected chi connectivity index (χ3v) is 3.86. The van der Waals surface area contributed by atoms with Crippen LogP contribution >= 0.6 is 11.6 Å². The van der Waals surface area contributed by atoms with Crippen LogP contribution in [0.15, 0.2) is 12.1 Å². The first-order chi connectivity index (χ1) is 10.0. The Kier molecular flexibility index (Phi) is 5.73. The maximum Gasteiger partial charge on any atom is 0.179 e. The Hall–Kier alpha value is -0.970. The average Bonchev–Trinajstić information content (AvgIpc) is 2.64. The number of ether oxygens (including phenoxy) is 2. The van der Waals surface area contributed by atoms with Crippen molar-refractivity contribution >= 4 is 11.6 Å². The quantitative estimate of drug-likeness (QED) is 0.847. The number of aliphatic hydroxyl groups excluding tert-OH is 1. The van der Waals surface area contributed by atoms with Gasteiger partial charge >= 0.3 is 0 Å². The monoisotopic (exact) mass is 313 g/mol. The molecule has 0 aromatic heterocycles. The third-order valence-electron chi connectivity index (χ3n) is 3.58. The number of aliphatic hydroxyl groups is 1. The van der Waals surface area contributed by atoms with Crippen LogP contribution in [0.2, 0.25) is 5.02 Å². The SMILES string of the molecule is CC(C)(CCO)CNCc1cc(Cl)c2c(c1)OCCCO2. The molecule has 1 aromatic carbocycles. The van der Waals surface area contributed by atoms with Crippen molar-refractivity contribution in [1.82, 2.24) is 5.32 Å². The average molecular weight is 314 g/mol. The lowest BCUT2D eigenvalue weighted by molar-refractivity contribution is 0.207. The summed E-state index contributed by atoms with van der Waals surface area (Å²) in [5, 5.41) is 13.0. The Bertz CT molecular complexity index is 477. The summed E-state index contributed by atoms with van der Waals surface area (Å²) in [7, 11) is 0. The van der Waals surface area contributed by atoms with E-state index in [1.807, 2.05) is 12.1 Å². The van der Waals surface area contributed by atoms with E-state index < -0.39 is 0 Å². The van der Waals surface area contributed by atoms with Crippen LogP contribution in [0.5, 0.6) is 11.5 Å². The summed E-state index contributed by atoms with van der Waals surface area (Å²) in [6.45, 7) is 7.33. The van der Waals surface area contributed by atoms with Crippen molar-refractivity contribution in [2.45, 2.75) is 33.2 Å². The molecule has 1 aliphatic rings. The maximum atomic E-state index is 9.04. The molecule has 2 rings (SSSR count). The van der Waals surface area contributed by atoms with Crippen LogP contribution in [0.25, 0.3) is 0 Å². The van der Waals surface area contributed by atoms with Crippen molar-refractivity contribution in [3.8, 4) is 11.5 Å². The van der Waals surface area contributed by atoms with E-state index in [4.69, 9.17) is 26.2 Å². The van der Waals surface area contributed by atoms with Gasteiger partial charge in [0.25, 0.3) is 0 Å². The molecule has 4 nitrogen and oxygen atoms in total. The van der Waals surface area contributed by atoms with Crippen LogP contribution in [-0.4, -0.2) is 31.5 Å². The molecule has 0 atom stereocenters. The van der Waals surface area contributed by atoms with Gasteiger partial charge in [0.2, 0.25) is 0 Å². The number of benzene rings is 1. The molecule has 0 aliphatic carbocycles. The Morgan fingerprint density at radius 1 is 1.29 bits per heavy atom. The summed E-state index contributed by atoms with van der Waals surface area (Å²) in [5.74, 6) is 1.38. The Morgan fingerprint density at radius 3 is 2.81 bits per heavy atom. The van der Waals surface area contributed by atoms with E-state index >= 15 is 0 Å². The zero-order valence-corrected chi connectivity index (χ0v) is 13.5. The van der Waals surface area contributed by atoms with Crippen molar-refractivity contribution < 1.29 is 14.6 Å². The number of hydrogen-bond donors (Lipinski definition) is 2. The Labute approximate surface area is 131 Å². The molecule has 21 heavy (non-hydrogen) atoms. The molecule has 0 unspecified atom stereocenters. The predicted octanol–water partition coefficient (Wildman–Crippen LogP) is 3.00. The second-order valence-electron chi connectivity index (χ2n) is 6.20. The Balaban J connectivity index is 1.98. The summed E-state index contributed by atoms with van der Waals surface area (Å²) in [4.78, 5) is 0. The van der Waals surface area contributed by atoms with Crippen molar-refractivity contribution in [3.05, 3.63) is 22.7 Å². The highest BCUT2D eigenvalue weighted by atomic mass is 35.5. The van der Waals surface area contributed by atoms with Crippen molar-refractivity contribution in [3.63, 3.8) is 0 Å². The molecule has 0 amide bonds. The van der Waals surface area contributed by atoms with Gasteiger partial charge in [-0.05, 0) is 29.5 Å². The highest BCUT2D eigenvalue weighted by Crippen LogP contribution is 2.38. The summed E-state index contributed by atoms with van der Waals surface area (Å²) >= 11 is 6.27. The normalized spacial score (nSPS) is 14.9. The number of hydrogen-bond acceptors (Lipinski definition) is 4. The zero-order valence-electron chi connectivity index (χ0n) is 12.7. The van der Waals surface area contributed by atoms with Gasteiger partial charge in [0.1, 0.15) is 0 Å². The first-order valence-corrected chi connectivity index (χ1v) is 7.79. The second kappa shape index (κ2) is 7.34. The summed E-state index contributed by atoms with van der Waals surface area (Å²) < 4.78 is 11.3. The minimum Gasteiger partial charge on any atom is -0.489 e. The van der Waals surface area contributed by atoms with Gasteiger partial charge in [-0.25, -0.2) is 0 Å². The smallest absolute Gasteiger partial charge is 0.179 e. The summed E-state index contributed by atoms with van der Waals surface area (Å²) in [6.07, 6.45) is 1.65. The van der Waals surface area contributed by atoms with Crippen molar-refractivity contribution in [1.29, 1.82) is 0 Å². The minimum atomic E-state index is 0.0733. The van der Waals surface area contributed by atoms with E-state index in [1.54, 1.807) is 0 Å². The van der Waals surface area contributed by atoms with Gasteiger partial charge < -0.3 is 19.9 Å². The molecular weight excluding hydrogens is 290 g/mol. The van der Waals surface area contributed by atoms with Crippen LogP contribution in [0.4, 0.5) is 0 Å². The second-order valence-corrected chi connectivity index (χ2v) is 6.60. The fourth-order valence-electron chi connectivity index (χ4n) is 2.32. The number of fused-ring (bicyclic) bond motifs is 1. The molecule has 5 heteroatoms. The van der Waals surface area contributed by atoms with Crippen LogP contribution in [0.1, 0.15) is 32.3 Å². The highest BCUT2D eigenvalue weighted by molar-refractivity contribution is 6.32. The lowest BCUT2D eigenvalue weighted by Gasteiger charge is -2.24. The molecular formula is C16H24ClNO3. The third kappa shape index (κ3) is 4.77. The van der Waals surface area contributed by atoms with E-state index in [9.17, 15) is 0 Å². The zero-order chi connectivity index (χ0) is 15.3. The van der Waals surface area contributed by atoms with Gasteiger partial charge in [-0.1, -0.05) is 25.4 Å². The standard InChI is InChI=1S/C16H24ClNO3/c1-16(2,4-5-19)11-18-10-12-8-13(17)15-14(9-12)20-6-3-7-21-15/h8-9,18-19H,3-7,10-11H2,1-2H3. The van der Waals surface area contributed by atoms with Crippen molar-refractivity contribution in [2.24, 2.45) is 5.41 Å². The first kappa shape index (κ1) is 16.4. The molecule has 2 N–H and O–H groups in total. The minimum absolute atomic E-state index is 0.0733. The molecule has 1 aliphatic heterocycles. The van der Waals surface area contributed by atoms with Crippen LogP contribution < -0.4 is 14.8 Å². The fraction of sp³-hybridized carbons (Fsp3) is 0.625. The molecule has 0 saturated heterocycles. The van der Waals surface area contributed by atoms with Crippen LogP contribution in [-0.2, 0) is 6.54 Å². The van der Waals surface area contributed by atoms with Crippen LogP contribution in [0.3, 0.4) is 0 Å². The first-order valence-electron chi connectivity index (χ1n) is 7.41. The van der Waals surface area contributed by atoms with Gasteiger partial charge in [-0.3, -0.25) is 0 Å². The van der Waals surface area contributed by atoms with Crippen molar-refractivity contribution in [2.75, 3.05) is 26.4 Å². The predicted molar refractivity (Wildman–Crippen MR) is 84.2 cm³/mol. The van der Waals surface area contributed by atoms with E-state index in [2.05, 4.69) is 19.2 Å². The number of nitrogens with one attached hydrogen (secondary N) is 1. The molecule has 0 spiro atoms. The van der Waals surface area contributed by atoms with E-state index in [1.165, 1.54) is 0 Å². The molecule has 0 saturated carbocycles. The molecule has 0 bridgehead atoms. The van der Waals surface area contributed by atoms with Gasteiger partial charge in [0.05, 0.1) is 18.2 Å². The van der Waals surface area contributed by atoms with Gasteiger partial charge in [-0.2, -0.15) is 0 Å². The van der Waals surface area contributed by atoms with Crippen LogP contribution in [0, 0.1) is 5.41 Å². The lowest BCUT2D eigenvalue weighted by atomic mass is 9.90. The Morgan fingerprint density at radius 2 is 2.05 bits per heavy atom. The topological polar surface area (TPSA) is 50.7 Å². The van der Waals surface area contributed by atoms with Gasteiger partial charge in [0.15, 0.2) is 11.5 Å². The van der Waals surface area contributed by atoms with E-state index in [0.717, 1.165) is 30.7 Å². The molecule has 0 radical (unpaired) electrons. The number of halogens is 1. The van der Waals surface area contributed by atoms with E-state index in [-0.39, 0.29) is 12.0 Å².